The second-order valence-corrected chi connectivity index (χ2v) is 3.40. The summed E-state index contributed by atoms with van der Waals surface area (Å²) in [5.41, 5.74) is 0. The molecule has 0 spiro atoms. The van der Waals surface area contributed by atoms with E-state index in [2.05, 4.69) is 6.19 Å². The maximum Gasteiger partial charge on any atom is 0.179 e. The molecule has 0 aromatic heterocycles. The summed E-state index contributed by atoms with van der Waals surface area (Å²) < 4.78 is 0. The molecule has 1 saturated heterocycles. The summed E-state index contributed by atoms with van der Waals surface area (Å²) in [6, 6.07) is 0. The van der Waals surface area contributed by atoms with Crippen LogP contribution < -0.4 is 0 Å². The zero-order valence-electron chi connectivity index (χ0n) is 7.37. The summed E-state index contributed by atoms with van der Waals surface area (Å²) in [5.74, 6) is 0.738. The molecule has 0 unspecified atom stereocenters. The Kier molecular flexibility index (Phi) is 3.89. The highest BCUT2D eigenvalue weighted by atomic mass is 16.2. The van der Waals surface area contributed by atoms with E-state index in [0.29, 0.717) is 6.61 Å². The van der Waals surface area contributed by atoms with Gasteiger partial charge >= 0.3 is 0 Å². The highest BCUT2D eigenvalue weighted by molar-refractivity contribution is 4.80. The molecule has 0 amide bonds. The summed E-state index contributed by atoms with van der Waals surface area (Å²) >= 11 is 0. The van der Waals surface area contributed by atoms with Crippen molar-refractivity contribution < 1.29 is 5.11 Å². The van der Waals surface area contributed by atoms with Crippen molar-refractivity contribution in [3.8, 4) is 6.19 Å². The molecule has 0 saturated carbocycles. The van der Waals surface area contributed by atoms with Crippen LogP contribution in [0.4, 0.5) is 0 Å². The number of piperidine rings is 1. The van der Waals surface area contributed by atoms with Gasteiger partial charge < -0.3 is 10.0 Å². The number of nitrogens with zero attached hydrogens (tertiary/aromatic N) is 2. The molecule has 0 atom stereocenters. The van der Waals surface area contributed by atoms with E-state index in [1.165, 1.54) is 0 Å². The maximum atomic E-state index is 8.63. The number of nitriles is 1. The first-order chi connectivity index (χ1) is 5.86. The van der Waals surface area contributed by atoms with Crippen LogP contribution in [0, 0.1) is 17.4 Å². The van der Waals surface area contributed by atoms with E-state index < -0.39 is 0 Å². The summed E-state index contributed by atoms with van der Waals surface area (Å²) in [4.78, 5) is 1.81. The summed E-state index contributed by atoms with van der Waals surface area (Å²) in [7, 11) is 0. The number of rotatable bonds is 3. The van der Waals surface area contributed by atoms with Crippen molar-refractivity contribution in [2.45, 2.75) is 25.7 Å². The van der Waals surface area contributed by atoms with Gasteiger partial charge in [0.15, 0.2) is 6.19 Å². The largest absolute Gasteiger partial charge is 0.396 e. The lowest BCUT2D eigenvalue weighted by Crippen LogP contribution is -2.29. The van der Waals surface area contributed by atoms with Gasteiger partial charge in [0.05, 0.1) is 0 Å². The second kappa shape index (κ2) is 5.00. The average molecular weight is 168 g/mol. The Bertz CT molecular complexity index is 156. The van der Waals surface area contributed by atoms with Gasteiger partial charge in [0.1, 0.15) is 0 Å². The third-order valence-electron chi connectivity index (χ3n) is 2.53. The van der Waals surface area contributed by atoms with Gasteiger partial charge in [0.25, 0.3) is 0 Å². The number of likely N-dealkylation sites (tertiary alicyclic amines) is 1. The Balaban J connectivity index is 2.14. The summed E-state index contributed by atoms with van der Waals surface area (Å²) in [5, 5.41) is 17.2. The molecule has 68 valence electrons. The molecule has 0 bridgehead atoms. The molecule has 0 aromatic rings. The molecule has 1 fully saturated rings. The maximum absolute atomic E-state index is 8.63. The number of hydrogen-bond acceptors (Lipinski definition) is 3. The zero-order valence-corrected chi connectivity index (χ0v) is 7.37. The fraction of sp³-hybridized carbons (Fsp3) is 0.889. The van der Waals surface area contributed by atoms with Crippen LogP contribution in [0.25, 0.3) is 0 Å². The van der Waals surface area contributed by atoms with E-state index in [9.17, 15) is 0 Å². The first-order valence-electron chi connectivity index (χ1n) is 4.62. The van der Waals surface area contributed by atoms with E-state index >= 15 is 0 Å². The predicted molar refractivity (Wildman–Crippen MR) is 46.2 cm³/mol. The van der Waals surface area contributed by atoms with Crippen molar-refractivity contribution in [1.29, 1.82) is 5.26 Å². The molecule has 1 N–H and O–H groups in total. The highest BCUT2D eigenvalue weighted by Crippen LogP contribution is 2.20. The van der Waals surface area contributed by atoms with Crippen molar-refractivity contribution in [3.63, 3.8) is 0 Å². The quantitative estimate of drug-likeness (QED) is 0.638. The van der Waals surface area contributed by atoms with Crippen LogP contribution in [0.5, 0.6) is 0 Å². The lowest BCUT2D eigenvalue weighted by atomic mass is 9.93. The van der Waals surface area contributed by atoms with Crippen LogP contribution in [0.1, 0.15) is 25.7 Å². The van der Waals surface area contributed by atoms with Gasteiger partial charge in [-0.2, -0.15) is 5.26 Å². The van der Waals surface area contributed by atoms with Crippen molar-refractivity contribution in [2.75, 3.05) is 19.7 Å². The molecule has 0 aliphatic carbocycles. The monoisotopic (exact) mass is 168 g/mol. The fourth-order valence-corrected chi connectivity index (χ4v) is 1.70. The van der Waals surface area contributed by atoms with Crippen LogP contribution in [-0.4, -0.2) is 29.7 Å². The van der Waals surface area contributed by atoms with Crippen LogP contribution in [-0.2, 0) is 0 Å². The van der Waals surface area contributed by atoms with Crippen LogP contribution in [0.3, 0.4) is 0 Å². The third-order valence-corrected chi connectivity index (χ3v) is 2.53. The van der Waals surface area contributed by atoms with Gasteiger partial charge in [0.2, 0.25) is 0 Å². The van der Waals surface area contributed by atoms with E-state index in [-0.39, 0.29) is 0 Å². The number of hydrogen-bond donors (Lipinski definition) is 1. The van der Waals surface area contributed by atoms with E-state index in [1.807, 2.05) is 4.90 Å². The fourth-order valence-electron chi connectivity index (χ4n) is 1.70. The summed E-state index contributed by atoms with van der Waals surface area (Å²) in [6.07, 6.45) is 6.44. The second-order valence-electron chi connectivity index (χ2n) is 3.40. The Labute approximate surface area is 73.6 Å². The van der Waals surface area contributed by atoms with Crippen LogP contribution in [0.2, 0.25) is 0 Å². The lowest BCUT2D eigenvalue weighted by molar-refractivity contribution is 0.218. The minimum atomic E-state index is 0.304. The molecule has 0 radical (unpaired) electrons. The van der Waals surface area contributed by atoms with E-state index in [1.54, 1.807) is 0 Å². The van der Waals surface area contributed by atoms with Gasteiger partial charge in [-0.3, -0.25) is 0 Å². The lowest BCUT2D eigenvalue weighted by Gasteiger charge is -2.27. The predicted octanol–water partition coefficient (Wildman–Crippen LogP) is 0.952. The molecule has 3 nitrogen and oxygen atoms in total. The topological polar surface area (TPSA) is 47.3 Å². The molecule has 3 heteroatoms. The normalized spacial score (nSPS) is 19.2. The average Bonchev–Trinajstić information content (AvgIpc) is 2.15. The highest BCUT2D eigenvalue weighted by Gasteiger charge is 2.17. The molecule has 1 aliphatic rings. The Morgan fingerprint density at radius 1 is 1.42 bits per heavy atom. The first kappa shape index (κ1) is 9.34. The smallest absolute Gasteiger partial charge is 0.179 e. The Morgan fingerprint density at radius 3 is 2.58 bits per heavy atom. The van der Waals surface area contributed by atoms with E-state index in [4.69, 9.17) is 10.4 Å². The molecular formula is C9H16N2O. The number of aliphatic hydroxyl groups is 1. The van der Waals surface area contributed by atoms with Gasteiger partial charge in [-0.25, -0.2) is 0 Å². The molecule has 12 heavy (non-hydrogen) atoms. The first-order valence-corrected chi connectivity index (χ1v) is 4.62. The minimum absolute atomic E-state index is 0.304. The molecular weight excluding hydrogens is 152 g/mol. The third kappa shape index (κ3) is 2.71. The standard InChI is InChI=1S/C9H16N2O/c10-8-11-5-3-9(4-6-11)2-1-7-12/h9,12H,1-7H2. The van der Waals surface area contributed by atoms with Gasteiger partial charge in [0, 0.05) is 19.7 Å². The zero-order chi connectivity index (χ0) is 8.81. The number of aliphatic hydroxyl groups excluding tert-OH is 1. The van der Waals surface area contributed by atoms with Gasteiger partial charge in [-0.15, -0.1) is 0 Å². The summed E-state index contributed by atoms with van der Waals surface area (Å²) in [6.45, 7) is 2.12. The van der Waals surface area contributed by atoms with Crippen LogP contribution in [0.15, 0.2) is 0 Å². The SMILES string of the molecule is N#CN1CCC(CCCO)CC1. The van der Waals surface area contributed by atoms with Crippen molar-refractivity contribution >= 4 is 0 Å². The van der Waals surface area contributed by atoms with Crippen molar-refractivity contribution in [1.82, 2.24) is 4.90 Å². The van der Waals surface area contributed by atoms with Crippen LogP contribution >= 0.6 is 0 Å². The van der Waals surface area contributed by atoms with Gasteiger partial charge in [-0.1, -0.05) is 0 Å². The van der Waals surface area contributed by atoms with E-state index in [0.717, 1.165) is 44.7 Å². The Hall–Kier alpha value is -0.750. The molecule has 1 rings (SSSR count). The van der Waals surface area contributed by atoms with Crippen molar-refractivity contribution in [2.24, 2.45) is 5.92 Å². The van der Waals surface area contributed by atoms with Crippen molar-refractivity contribution in [3.05, 3.63) is 0 Å². The molecule has 1 aliphatic heterocycles. The molecule has 1 heterocycles. The van der Waals surface area contributed by atoms with Gasteiger partial charge in [-0.05, 0) is 31.6 Å². The Morgan fingerprint density at radius 2 is 2.08 bits per heavy atom. The minimum Gasteiger partial charge on any atom is -0.396 e. The molecule has 0 aromatic carbocycles.